The van der Waals surface area contributed by atoms with Gasteiger partial charge >= 0.3 is 0 Å². The first kappa shape index (κ1) is 18.0. The predicted molar refractivity (Wildman–Crippen MR) is 113 cm³/mol. The van der Waals surface area contributed by atoms with Crippen molar-refractivity contribution < 1.29 is 0 Å². The average molecular weight is 387 g/mol. The SMILES string of the molecule is Cc1ccncc1N1CCc2cnc(Nc3cnc4c(c3)CN(C)CC4)nc2C1. The Morgan fingerprint density at radius 1 is 0.966 bits per heavy atom. The second-order valence-corrected chi connectivity index (χ2v) is 7.94. The fraction of sp³-hybridized carbons (Fsp3) is 0.364. The molecule has 3 aromatic rings. The number of nitrogens with one attached hydrogen (secondary N) is 1. The summed E-state index contributed by atoms with van der Waals surface area (Å²) in [5.74, 6) is 0.624. The van der Waals surface area contributed by atoms with Crippen molar-refractivity contribution in [3.63, 3.8) is 0 Å². The lowest BCUT2D eigenvalue weighted by molar-refractivity contribution is 0.310. The summed E-state index contributed by atoms with van der Waals surface area (Å²) in [5.41, 5.74) is 8.12. The molecule has 29 heavy (non-hydrogen) atoms. The Morgan fingerprint density at radius 3 is 2.79 bits per heavy atom. The van der Waals surface area contributed by atoms with Crippen LogP contribution in [0.4, 0.5) is 17.3 Å². The molecule has 5 rings (SSSR count). The molecule has 2 aliphatic rings. The molecule has 0 saturated carbocycles. The molecule has 148 valence electrons. The first-order valence-electron chi connectivity index (χ1n) is 10.1. The highest BCUT2D eigenvalue weighted by Gasteiger charge is 2.20. The monoisotopic (exact) mass is 387 g/mol. The highest BCUT2D eigenvalue weighted by molar-refractivity contribution is 5.56. The Labute approximate surface area is 170 Å². The quantitative estimate of drug-likeness (QED) is 0.741. The Kier molecular flexibility index (Phi) is 4.60. The van der Waals surface area contributed by atoms with Gasteiger partial charge in [0, 0.05) is 44.1 Å². The fourth-order valence-corrected chi connectivity index (χ4v) is 4.12. The maximum absolute atomic E-state index is 4.82. The number of hydrogen-bond donors (Lipinski definition) is 1. The minimum atomic E-state index is 0.624. The van der Waals surface area contributed by atoms with Crippen LogP contribution in [0.2, 0.25) is 0 Å². The van der Waals surface area contributed by atoms with Crippen LogP contribution in [0.15, 0.2) is 36.9 Å². The first-order chi connectivity index (χ1) is 14.2. The molecule has 3 aromatic heterocycles. The van der Waals surface area contributed by atoms with Crippen LogP contribution in [0, 0.1) is 6.92 Å². The number of aryl methyl sites for hydroxylation is 1. The van der Waals surface area contributed by atoms with E-state index in [0.717, 1.165) is 50.4 Å². The molecule has 7 heteroatoms. The summed E-state index contributed by atoms with van der Waals surface area (Å²) in [4.78, 5) is 23.0. The lowest BCUT2D eigenvalue weighted by Gasteiger charge is -2.30. The van der Waals surface area contributed by atoms with E-state index in [9.17, 15) is 0 Å². The van der Waals surface area contributed by atoms with E-state index in [0.29, 0.717) is 5.95 Å². The largest absolute Gasteiger partial charge is 0.364 e. The van der Waals surface area contributed by atoms with Gasteiger partial charge in [-0.3, -0.25) is 9.97 Å². The van der Waals surface area contributed by atoms with Gasteiger partial charge in [0.25, 0.3) is 0 Å². The van der Waals surface area contributed by atoms with Crippen molar-refractivity contribution in [2.75, 3.05) is 30.4 Å². The zero-order valence-electron chi connectivity index (χ0n) is 16.9. The molecule has 7 nitrogen and oxygen atoms in total. The molecule has 0 amide bonds. The summed E-state index contributed by atoms with van der Waals surface area (Å²) < 4.78 is 0. The minimum absolute atomic E-state index is 0.624. The maximum atomic E-state index is 4.82. The Morgan fingerprint density at radius 2 is 1.90 bits per heavy atom. The highest BCUT2D eigenvalue weighted by Crippen LogP contribution is 2.26. The molecule has 0 saturated heterocycles. The van der Waals surface area contributed by atoms with Crippen molar-refractivity contribution in [3.8, 4) is 0 Å². The van der Waals surface area contributed by atoms with Crippen molar-refractivity contribution >= 4 is 17.3 Å². The molecule has 0 aromatic carbocycles. The number of fused-ring (bicyclic) bond motifs is 2. The van der Waals surface area contributed by atoms with Crippen molar-refractivity contribution in [2.24, 2.45) is 0 Å². The number of aromatic nitrogens is 4. The van der Waals surface area contributed by atoms with Crippen LogP contribution in [-0.4, -0.2) is 45.0 Å². The summed E-state index contributed by atoms with van der Waals surface area (Å²) in [6.45, 7) is 5.85. The molecule has 0 atom stereocenters. The third-order valence-electron chi connectivity index (χ3n) is 5.78. The first-order valence-corrected chi connectivity index (χ1v) is 10.1. The zero-order valence-corrected chi connectivity index (χ0v) is 16.9. The van der Waals surface area contributed by atoms with E-state index in [-0.39, 0.29) is 0 Å². The predicted octanol–water partition coefficient (Wildman–Crippen LogP) is 2.87. The van der Waals surface area contributed by atoms with E-state index in [2.05, 4.69) is 56.2 Å². The molecule has 0 radical (unpaired) electrons. The van der Waals surface area contributed by atoms with Crippen LogP contribution in [0.3, 0.4) is 0 Å². The molecular formula is C22H25N7. The normalized spacial score (nSPS) is 16.3. The van der Waals surface area contributed by atoms with Gasteiger partial charge in [-0.2, -0.15) is 0 Å². The van der Waals surface area contributed by atoms with Crippen molar-refractivity contribution in [2.45, 2.75) is 32.9 Å². The van der Waals surface area contributed by atoms with Crippen LogP contribution in [0.25, 0.3) is 0 Å². The maximum Gasteiger partial charge on any atom is 0.227 e. The van der Waals surface area contributed by atoms with Gasteiger partial charge in [-0.15, -0.1) is 0 Å². The topological polar surface area (TPSA) is 70.1 Å². The van der Waals surface area contributed by atoms with Crippen LogP contribution in [-0.2, 0) is 25.9 Å². The number of anilines is 3. The molecule has 0 fully saturated rings. The second-order valence-electron chi connectivity index (χ2n) is 7.94. The van der Waals surface area contributed by atoms with Crippen molar-refractivity contribution in [1.82, 2.24) is 24.8 Å². The summed E-state index contributed by atoms with van der Waals surface area (Å²) >= 11 is 0. The summed E-state index contributed by atoms with van der Waals surface area (Å²) in [5, 5.41) is 3.35. The van der Waals surface area contributed by atoms with Crippen molar-refractivity contribution in [1.29, 1.82) is 0 Å². The third kappa shape index (κ3) is 3.65. The van der Waals surface area contributed by atoms with Gasteiger partial charge in [0.15, 0.2) is 0 Å². The summed E-state index contributed by atoms with van der Waals surface area (Å²) in [6.07, 6.45) is 9.57. The standard InChI is InChI=1S/C22H25N7/c1-15-3-6-23-12-21(15)29-8-4-16-10-25-22(27-20(16)14-29)26-18-9-17-13-28(2)7-5-19(17)24-11-18/h3,6,9-12H,4-5,7-8,13-14H2,1-2H3,(H,25,26,27). The zero-order chi connectivity index (χ0) is 19.8. The van der Waals surface area contributed by atoms with Gasteiger partial charge in [0.05, 0.1) is 36.0 Å². The highest BCUT2D eigenvalue weighted by atomic mass is 15.2. The number of rotatable bonds is 3. The van der Waals surface area contributed by atoms with Crippen LogP contribution >= 0.6 is 0 Å². The Bertz CT molecular complexity index is 1050. The van der Waals surface area contributed by atoms with E-state index in [1.54, 1.807) is 0 Å². The van der Waals surface area contributed by atoms with Gasteiger partial charge in [-0.05, 0) is 49.2 Å². The molecule has 1 N–H and O–H groups in total. The third-order valence-corrected chi connectivity index (χ3v) is 5.78. The van der Waals surface area contributed by atoms with E-state index >= 15 is 0 Å². The van der Waals surface area contributed by atoms with E-state index in [1.165, 1.54) is 28.1 Å². The lowest BCUT2D eigenvalue weighted by atomic mass is 10.1. The van der Waals surface area contributed by atoms with Crippen LogP contribution < -0.4 is 10.2 Å². The number of nitrogens with zero attached hydrogens (tertiary/aromatic N) is 6. The molecule has 5 heterocycles. The smallest absolute Gasteiger partial charge is 0.227 e. The Balaban J connectivity index is 1.37. The van der Waals surface area contributed by atoms with Gasteiger partial charge < -0.3 is 15.1 Å². The molecule has 0 spiro atoms. The molecular weight excluding hydrogens is 362 g/mol. The second kappa shape index (κ2) is 7.40. The van der Waals surface area contributed by atoms with Gasteiger partial charge in [0.1, 0.15) is 0 Å². The summed E-state index contributed by atoms with van der Waals surface area (Å²) in [7, 11) is 2.14. The molecule has 0 aliphatic carbocycles. The Hall–Kier alpha value is -3.06. The molecule has 0 unspecified atom stereocenters. The summed E-state index contributed by atoms with van der Waals surface area (Å²) in [6, 6.07) is 4.23. The minimum Gasteiger partial charge on any atom is -0.364 e. The van der Waals surface area contributed by atoms with E-state index in [1.807, 2.05) is 24.8 Å². The van der Waals surface area contributed by atoms with Crippen LogP contribution in [0.5, 0.6) is 0 Å². The van der Waals surface area contributed by atoms with Gasteiger partial charge in [-0.25, -0.2) is 9.97 Å². The van der Waals surface area contributed by atoms with Gasteiger partial charge in [0.2, 0.25) is 5.95 Å². The number of pyridine rings is 2. The van der Waals surface area contributed by atoms with Crippen molar-refractivity contribution in [3.05, 3.63) is 65.0 Å². The lowest BCUT2D eigenvalue weighted by Crippen LogP contribution is -2.32. The van der Waals surface area contributed by atoms with Crippen LogP contribution in [0.1, 0.15) is 28.1 Å². The van der Waals surface area contributed by atoms with Gasteiger partial charge in [-0.1, -0.05) is 0 Å². The fourth-order valence-electron chi connectivity index (χ4n) is 4.12. The average Bonchev–Trinajstić information content (AvgIpc) is 2.73. The van der Waals surface area contributed by atoms with E-state index < -0.39 is 0 Å². The van der Waals surface area contributed by atoms with E-state index in [4.69, 9.17) is 4.98 Å². The molecule has 0 bridgehead atoms. The number of likely N-dealkylation sites (N-methyl/N-ethyl adjacent to an activating group) is 1. The number of hydrogen-bond acceptors (Lipinski definition) is 7. The molecule has 2 aliphatic heterocycles.